The predicted molar refractivity (Wildman–Crippen MR) is 117 cm³/mol. The highest BCUT2D eigenvalue weighted by Gasteiger charge is 2.26. The van der Waals surface area contributed by atoms with Crippen LogP contribution in [0.1, 0.15) is 5.56 Å². The number of carbonyl (C=O) groups excluding carboxylic acids is 2. The summed E-state index contributed by atoms with van der Waals surface area (Å²) in [6.07, 6.45) is 1.96. The van der Waals surface area contributed by atoms with Gasteiger partial charge >= 0.3 is 0 Å². The summed E-state index contributed by atoms with van der Waals surface area (Å²) in [7, 11) is 3.54. The van der Waals surface area contributed by atoms with E-state index in [1.165, 1.54) is 0 Å². The SMILES string of the molecule is CN1CC(=O)N(C)c2cnc(Nc3ccc(NC(=O)Cc4ccccc4)cc3)nc21. The van der Waals surface area contributed by atoms with Gasteiger partial charge in [0.1, 0.15) is 5.69 Å². The Morgan fingerprint density at radius 3 is 2.47 bits per heavy atom. The molecule has 152 valence electrons. The molecule has 0 aliphatic carbocycles. The van der Waals surface area contributed by atoms with E-state index in [2.05, 4.69) is 20.6 Å². The summed E-state index contributed by atoms with van der Waals surface area (Å²) in [6, 6.07) is 17.0. The number of anilines is 5. The fraction of sp³-hybridized carbons (Fsp3) is 0.182. The molecule has 0 unspecified atom stereocenters. The molecule has 1 aliphatic heterocycles. The molecular weight excluding hydrogens is 380 g/mol. The maximum absolute atomic E-state index is 12.2. The van der Waals surface area contributed by atoms with Crippen LogP contribution in [0.25, 0.3) is 0 Å². The van der Waals surface area contributed by atoms with E-state index in [1.807, 2.05) is 61.6 Å². The number of hydrogen-bond donors (Lipinski definition) is 2. The van der Waals surface area contributed by atoms with Gasteiger partial charge in [-0.05, 0) is 29.8 Å². The third-order valence-corrected chi connectivity index (χ3v) is 4.85. The van der Waals surface area contributed by atoms with Crippen molar-refractivity contribution in [1.82, 2.24) is 9.97 Å². The Balaban J connectivity index is 1.41. The van der Waals surface area contributed by atoms with Crippen molar-refractivity contribution in [3.05, 3.63) is 66.4 Å². The smallest absolute Gasteiger partial charge is 0.246 e. The zero-order chi connectivity index (χ0) is 21.1. The first-order chi connectivity index (χ1) is 14.5. The lowest BCUT2D eigenvalue weighted by atomic mass is 10.1. The van der Waals surface area contributed by atoms with Crippen LogP contribution in [0.4, 0.5) is 28.8 Å². The largest absolute Gasteiger partial charge is 0.348 e. The van der Waals surface area contributed by atoms with E-state index in [0.29, 0.717) is 29.6 Å². The average molecular weight is 402 g/mol. The average Bonchev–Trinajstić information content (AvgIpc) is 2.74. The summed E-state index contributed by atoms with van der Waals surface area (Å²) >= 11 is 0. The van der Waals surface area contributed by atoms with E-state index in [9.17, 15) is 9.59 Å². The molecule has 1 aromatic heterocycles. The summed E-state index contributed by atoms with van der Waals surface area (Å²) in [5.41, 5.74) is 3.15. The molecule has 1 aliphatic rings. The molecule has 0 spiro atoms. The Labute approximate surface area is 174 Å². The van der Waals surface area contributed by atoms with Crippen molar-refractivity contribution in [1.29, 1.82) is 0 Å². The van der Waals surface area contributed by atoms with Gasteiger partial charge in [0.25, 0.3) is 0 Å². The molecule has 2 N–H and O–H groups in total. The molecule has 30 heavy (non-hydrogen) atoms. The number of aromatic nitrogens is 2. The van der Waals surface area contributed by atoms with Gasteiger partial charge in [-0.1, -0.05) is 30.3 Å². The zero-order valence-corrected chi connectivity index (χ0v) is 16.8. The van der Waals surface area contributed by atoms with Crippen LogP contribution in [0.5, 0.6) is 0 Å². The molecule has 0 atom stereocenters. The van der Waals surface area contributed by atoms with E-state index in [1.54, 1.807) is 23.0 Å². The summed E-state index contributed by atoms with van der Waals surface area (Å²) < 4.78 is 0. The summed E-state index contributed by atoms with van der Waals surface area (Å²) in [4.78, 5) is 36.3. The lowest BCUT2D eigenvalue weighted by molar-refractivity contribution is -0.117. The number of nitrogens with one attached hydrogen (secondary N) is 2. The van der Waals surface area contributed by atoms with Crippen LogP contribution in [0.15, 0.2) is 60.8 Å². The molecule has 0 radical (unpaired) electrons. The molecule has 2 heterocycles. The molecule has 0 saturated carbocycles. The minimum atomic E-state index is -0.0679. The molecule has 2 aromatic carbocycles. The van der Waals surface area contributed by atoms with Crippen molar-refractivity contribution < 1.29 is 9.59 Å². The van der Waals surface area contributed by atoms with Gasteiger partial charge in [0.15, 0.2) is 5.82 Å². The van der Waals surface area contributed by atoms with E-state index in [4.69, 9.17) is 0 Å². The molecule has 4 rings (SSSR count). The second-order valence-electron chi connectivity index (χ2n) is 7.12. The van der Waals surface area contributed by atoms with Gasteiger partial charge in [-0.15, -0.1) is 0 Å². The molecule has 3 aromatic rings. The first-order valence-corrected chi connectivity index (χ1v) is 9.55. The van der Waals surface area contributed by atoms with Gasteiger partial charge in [0.2, 0.25) is 17.8 Å². The van der Waals surface area contributed by atoms with Crippen LogP contribution in [-0.4, -0.2) is 42.4 Å². The Hall–Kier alpha value is -3.94. The lowest BCUT2D eigenvalue weighted by Gasteiger charge is -2.31. The van der Waals surface area contributed by atoms with Crippen LogP contribution in [0.3, 0.4) is 0 Å². The summed E-state index contributed by atoms with van der Waals surface area (Å²) in [5, 5.41) is 6.05. The number of fused-ring (bicyclic) bond motifs is 1. The van der Waals surface area contributed by atoms with Crippen LogP contribution in [0, 0.1) is 0 Å². The van der Waals surface area contributed by atoms with Crippen molar-refractivity contribution in [2.24, 2.45) is 0 Å². The summed E-state index contributed by atoms with van der Waals surface area (Å²) in [5.74, 6) is 1.06. The van der Waals surface area contributed by atoms with Gasteiger partial charge < -0.3 is 20.4 Å². The highest BCUT2D eigenvalue weighted by Crippen LogP contribution is 2.30. The second-order valence-corrected chi connectivity index (χ2v) is 7.12. The maximum atomic E-state index is 12.2. The molecule has 0 fully saturated rings. The van der Waals surface area contributed by atoms with Crippen molar-refractivity contribution in [2.75, 3.05) is 41.1 Å². The van der Waals surface area contributed by atoms with Crippen LogP contribution >= 0.6 is 0 Å². The molecule has 8 heteroatoms. The summed E-state index contributed by atoms with van der Waals surface area (Å²) in [6.45, 7) is 0.275. The Kier molecular flexibility index (Phi) is 5.30. The van der Waals surface area contributed by atoms with Crippen LogP contribution in [-0.2, 0) is 16.0 Å². The first-order valence-electron chi connectivity index (χ1n) is 9.55. The predicted octanol–water partition coefficient (Wildman–Crippen LogP) is 2.81. The lowest BCUT2D eigenvalue weighted by Crippen LogP contribution is -2.42. The molecular formula is C22H22N6O2. The number of carbonyl (C=O) groups is 2. The van der Waals surface area contributed by atoms with E-state index >= 15 is 0 Å². The zero-order valence-electron chi connectivity index (χ0n) is 16.8. The van der Waals surface area contributed by atoms with E-state index in [-0.39, 0.29) is 18.4 Å². The van der Waals surface area contributed by atoms with Crippen molar-refractivity contribution >= 4 is 40.6 Å². The number of hydrogen-bond acceptors (Lipinski definition) is 6. The highest BCUT2D eigenvalue weighted by molar-refractivity contribution is 6.01. The Morgan fingerprint density at radius 1 is 1.03 bits per heavy atom. The number of likely N-dealkylation sites (N-methyl/N-ethyl adjacent to an activating group) is 2. The quantitative estimate of drug-likeness (QED) is 0.682. The third-order valence-electron chi connectivity index (χ3n) is 4.85. The molecule has 0 saturated heterocycles. The molecule has 8 nitrogen and oxygen atoms in total. The highest BCUT2D eigenvalue weighted by atomic mass is 16.2. The standard InChI is InChI=1S/C22H22N6O2/c1-27-14-20(30)28(2)18-13-23-22(26-21(18)27)25-17-10-8-16(9-11-17)24-19(29)12-15-6-4-3-5-7-15/h3-11,13H,12,14H2,1-2H3,(H,24,29)(H,23,25,26). The molecule has 0 bridgehead atoms. The van der Waals surface area contributed by atoms with Crippen molar-refractivity contribution in [3.63, 3.8) is 0 Å². The van der Waals surface area contributed by atoms with Gasteiger partial charge in [-0.25, -0.2) is 4.98 Å². The minimum Gasteiger partial charge on any atom is -0.348 e. The number of rotatable bonds is 5. The van der Waals surface area contributed by atoms with Gasteiger partial charge in [0.05, 0.1) is 19.2 Å². The van der Waals surface area contributed by atoms with Gasteiger partial charge in [-0.2, -0.15) is 4.98 Å². The van der Waals surface area contributed by atoms with Gasteiger partial charge in [0, 0.05) is 25.5 Å². The Morgan fingerprint density at radius 2 is 1.73 bits per heavy atom. The fourth-order valence-corrected chi connectivity index (χ4v) is 3.21. The number of nitrogens with zero attached hydrogens (tertiary/aromatic N) is 4. The minimum absolute atomic E-state index is 0.000732. The van der Waals surface area contributed by atoms with Crippen molar-refractivity contribution in [2.45, 2.75) is 6.42 Å². The maximum Gasteiger partial charge on any atom is 0.246 e. The topological polar surface area (TPSA) is 90.5 Å². The molecule has 2 amide bonds. The van der Waals surface area contributed by atoms with E-state index in [0.717, 1.165) is 11.3 Å². The first kappa shape index (κ1) is 19.4. The number of amides is 2. The van der Waals surface area contributed by atoms with Crippen LogP contribution < -0.4 is 20.4 Å². The van der Waals surface area contributed by atoms with E-state index < -0.39 is 0 Å². The fourth-order valence-electron chi connectivity index (χ4n) is 3.21. The number of benzene rings is 2. The second kappa shape index (κ2) is 8.20. The van der Waals surface area contributed by atoms with Gasteiger partial charge in [-0.3, -0.25) is 9.59 Å². The van der Waals surface area contributed by atoms with Crippen LogP contribution in [0.2, 0.25) is 0 Å². The monoisotopic (exact) mass is 402 g/mol. The third kappa shape index (κ3) is 4.22. The van der Waals surface area contributed by atoms with Crippen molar-refractivity contribution in [3.8, 4) is 0 Å². The Bertz CT molecular complexity index is 1070. The normalized spacial score (nSPS) is 13.1.